The summed E-state index contributed by atoms with van der Waals surface area (Å²) in [5.74, 6) is -3.88. The maximum atomic E-state index is 12.4. The van der Waals surface area contributed by atoms with E-state index in [0.717, 1.165) is 0 Å². The van der Waals surface area contributed by atoms with Crippen LogP contribution in [0.3, 0.4) is 0 Å². The number of aliphatic carboxylic acids is 1. The highest BCUT2D eigenvalue weighted by molar-refractivity contribution is 5.93. The van der Waals surface area contributed by atoms with Gasteiger partial charge in [-0.2, -0.15) is 0 Å². The van der Waals surface area contributed by atoms with Crippen molar-refractivity contribution in [1.29, 1.82) is 0 Å². The molecule has 15 nitrogen and oxygen atoms in total. The number of nitrogens with two attached hydrogens (primary N) is 1. The summed E-state index contributed by atoms with van der Waals surface area (Å²) in [6.45, 7) is 1.32. The predicted molar refractivity (Wildman–Crippen MR) is 126 cm³/mol. The molecule has 10 atom stereocenters. The van der Waals surface area contributed by atoms with Crippen LogP contribution in [-0.4, -0.2) is 123 Å². The lowest BCUT2D eigenvalue weighted by Crippen LogP contribution is -2.63. The maximum absolute atomic E-state index is 12.4. The molecular formula is C23H34N2O13. The first-order valence-electron chi connectivity index (χ1n) is 12.0. The minimum atomic E-state index is -1.91. The standard InChI is InChI=1S/C23H34N2O13/c1-2-5-25-14-11(7-36-23-18(30)16(28)17(29)19(38-23)20(31)32)15(27)13(37-22(14)34)8-35-21(33)10-6-9(24)3-4-12(10)26/h3-4,6,11,13-19,22-23,25-30,34H,2,5,7-8,24H2,1H3,(H,31,32)/t11-,13?,14?,15-,16+,17-,18?,19?,22-,23-/m1/s1. The largest absolute Gasteiger partial charge is 0.507 e. The van der Waals surface area contributed by atoms with Gasteiger partial charge in [-0.25, -0.2) is 9.59 Å². The molecule has 4 unspecified atom stereocenters. The number of phenolic OH excluding ortho intramolecular Hbond substituents is 1. The minimum absolute atomic E-state index is 0.205. The zero-order chi connectivity index (χ0) is 28.1. The smallest absolute Gasteiger partial charge is 0.342 e. The van der Waals surface area contributed by atoms with E-state index in [-0.39, 0.29) is 17.0 Å². The first kappa shape index (κ1) is 29.9. The summed E-state index contributed by atoms with van der Waals surface area (Å²) < 4.78 is 21.2. The van der Waals surface area contributed by atoms with Crippen LogP contribution in [0.4, 0.5) is 5.69 Å². The van der Waals surface area contributed by atoms with Crippen LogP contribution >= 0.6 is 0 Å². The van der Waals surface area contributed by atoms with Crippen LogP contribution in [0.5, 0.6) is 5.75 Å². The van der Waals surface area contributed by atoms with E-state index in [9.17, 15) is 45.3 Å². The van der Waals surface area contributed by atoms with Crippen molar-refractivity contribution in [3.05, 3.63) is 23.8 Å². The Morgan fingerprint density at radius 3 is 2.39 bits per heavy atom. The normalized spacial score (nSPS) is 35.5. The van der Waals surface area contributed by atoms with Crippen LogP contribution in [0.2, 0.25) is 0 Å². The molecule has 2 aliphatic heterocycles. The van der Waals surface area contributed by atoms with Crippen LogP contribution in [0, 0.1) is 5.92 Å². The van der Waals surface area contributed by atoms with E-state index in [4.69, 9.17) is 24.7 Å². The van der Waals surface area contributed by atoms with E-state index in [0.29, 0.717) is 13.0 Å². The Hall–Kier alpha value is -2.60. The summed E-state index contributed by atoms with van der Waals surface area (Å²) in [4.78, 5) is 23.8. The van der Waals surface area contributed by atoms with Gasteiger partial charge in [0.2, 0.25) is 0 Å². The van der Waals surface area contributed by atoms with Gasteiger partial charge in [-0.05, 0) is 31.2 Å². The molecule has 2 fully saturated rings. The topological polar surface area (TPSA) is 251 Å². The number of carbonyl (C=O) groups is 2. The van der Waals surface area contributed by atoms with Gasteiger partial charge in [0.25, 0.3) is 0 Å². The van der Waals surface area contributed by atoms with Gasteiger partial charge in [-0.15, -0.1) is 0 Å². The van der Waals surface area contributed by atoms with E-state index >= 15 is 0 Å². The van der Waals surface area contributed by atoms with E-state index < -0.39 is 86.3 Å². The molecular weight excluding hydrogens is 512 g/mol. The molecule has 0 amide bonds. The highest BCUT2D eigenvalue weighted by Gasteiger charge is 2.49. The zero-order valence-corrected chi connectivity index (χ0v) is 20.5. The SMILES string of the molecule is CCCNC1[C@H](O)OC(COC(=O)c2cc(N)ccc2O)[C@H](O)[C@@H]1CO[C@@H]1OC(C(=O)O)[C@H](O)[C@H](O)C1O. The van der Waals surface area contributed by atoms with Crippen molar-refractivity contribution < 1.29 is 64.3 Å². The average Bonchev–Trinajstić information content (AvgIpc) is 2.87. The molecule has 0 saturated carbocycles. The van der Waals surface area contributed by atoms with Gasteiger partial charge in [0.1, 0.15) is 42.3 Å². The molecule has 0 spiro atoms. The maximum Gasteiger partial charge on any atom is 0.342 e. The number of ether oxygens (including phenoxy) is 4. The van der Waals surface area contributed by atoms with Crippen molar-refractivity contribution >= 4 is 17.6 Å². The highest BCUT2D eigenvalue weighted by atomic mass is 16.7. The highest BCUT2D eigenvalue weighted by Crippen LogP contribution is 2.29. The van der Waals surface area contributed by atoms with Gasteiger partial charge < -0.3 is 65.7 Å². The van der Waals surface area contributed by atoms with E-state index in [1.54, 1.807) is 0 Å². The molecule has 3 rings (SSSR count). The van der Waals surface area contributed by atoms with Crippen LogP contribution in [-0.2, 0) is 23.7 Å². The lowest BCUT2D eigenvalue weighted by molar-refractivity contribution is -0.305. The van der Waals surface area contributed by atoms with Gasteiger partial charge in [0, 0.05) is 11.6 Å². The molecule has 2 heterocycles. The number of carbonyl (C=O) groups excluding carboxylic acids is 1. The second kappa shape index (κ2) is 13.0. The van der Waals surface area contributed by atoms with Crippen molar-refractivity contribution in [3.8, 4) is 5.75 Å². The Morgan fingerprint density at radius 2 is 1.74 bits per heavy atom. The number of nitrogens with one attached hydrogen (secondary N) is 1. The number of benzene rings is 1. The van der Waals surface area contributed by atoms with E-state index in [1.165, 1.54) is 18.2 Å². The average molecular weight is 547 g/mol. The number of nitrogen functional groups attached to an aromatic ring is 1. The van der Waals surface area contributed by atoms with Gasteiger partial charge in [-0.1, -0.05) is 6.92 Å². The Labute approximate surface area is 217 Å². The molecule has 15 heteroatoms. The number of esters is 1. The first-order valence-corrected chi connectivity index (χ1v) is 12.0. The molecule has 1 aromatic rings. The molecule has 0 aromatic heterocycles. The number of rotatable bonds is 10. The van der Waals surface area contributed by atoms with E-state index in [2.05, 4.69) is 5.32 Å². The molecule has 0 radical (unpaired) electrons. The van der Waals surface area contributed by atoms with Gasteiger partial charge >= 0.3 is 11.9 Å². The Bertz CT molecular complexity index is 965. The molecule has 2 saturated heterocycles. The fourth-order valence-corrected chi connectivity index (χ4v) is 4.30. The van der Waals surface area contributed by atoms with Crippen molar-refractivity contribution in [2.24, 2.45) is 5.92 Å². The van der Waals surface area contributed by atoms with Gasteiger partial charge in [0.15, 0.2) is 18.7 Å². The second-order valence-corrected chi connectivity index (χ2v) is 9.14. The van der Waals surface area contributed by atoms with Crippen molar-refractivity contribution in [2.75, 3.05) is 25.5 Å². The van der Waals surface area contributed by atoms with E-state index in [1.807, 2.05) is 6.92 Å². The third-order valence-electron chi connectivity index (χ3n) is 6.42. The summed E-state index contributed by atoms with van der Waals surface area (Å²) in [7, 11) is 0. The van der Waals surface area contributed by atoms with Crippen molar-refractivity contribution in [2.45, 2.75) is 68.6 Å². The Morgan fingerprint density at radius 1 is 1.03 bits per heavy atom. The summed E-state index contributed by atoms with van der Waals surface area (Å²) >= 11 is 0. The third kappa shape index (κ3) is 6.69. The number of aliphatic hydroxyl groups is 5. The number of carboxylic acids is 1. The Kier molecular flexibility index (Phi) is 10.2. The van der Waals surface area contributed by atoms with Gasteiger partial charge in [0.05, 0.1) is 18.8 Å². The molecule has 0 aliphatic carbocycles. The number of hydrogen-bond acceptors (Lipinski definition) is 14. The molecule has 38 heavy (non-hydrogen) atoms. The molecule has 10 N–H and O–H groups in total. The second-order valence-electron chi connectivity index (χ2n) is 9.14. The number of carboxylic acid groups (broad SMARTS) is 1. The fourth-order valence-electron chi connectivity index (χ4n) is 4.30. The predicted octanol–water partition coefficient (Wildman–Crippen LogP) is -2.90. The molecule has 2 aliphatic rings. The third-order valence-corrected chi connectivity index (χ3v) is 6.42. The fraction of sp³-hybridized carbons (Fsp3) is 0.652. The van der Waals surface area contributed by atoms with Crippen molar-refractivity contribution in [1.82, 2.24) is 5.32 Å². The monoisotopic (exact) mass is 546 g/mol. The number of aromatic hydroxyl groups is 1. The summed E-state index contributed by atoms with van der Waals surface area (Å²) in [5.41, 5.74) is 5.63. The molecule has 214 valence electrons. The van der Waals surface area contributed by atoms with Crippen LogP contribution in [0.1, 0.15) is 23.7 Å². The van der Waals surface area contributed by atoms with Crippen molar-refractivity contribution in [3.63, 3.8) is 0 Å². The summed E-state index contributed by atoms with van der Waals surface area (Å²) in [5, 5.41) is 73.8. The number of phenols is 1. The van der Waals surface area contributed by atoms with Crippen LogP contribution in [0.25, 0.3) is 0 Å². The lowest BCUT2D eigenvalue weighted by atomic mass is 9.87. The number of hydrogen-bond donors (Lipinski definition) is 9. The molecule has 0 bridgehead atoms. The van der Waals surface area contributed by atoms with Gasteiger partial charge in [-0.3, -0.25) is 0 Å². The van der Waals surface area contributed by atoms with Crippen LogP contribution in [0.15, 0.2) is 18.2 Å². The summed E-state index contributed by atoms with van der Waals surface area (Å²) in [6, 6.07) is 2.90. The quantitative estimate of drug-likeness (QED) is 0.0811. The minimum Gasteiger partial charge on any atom is -0.507 e. The molecule has 1 aromatic carbocycles. The zero-order valence-electron chi connectivity index (χ0n) is 20.5. The number of aliphatic hydroxyl groups excluding tert-OH is 5. The Balaban J connectivity index is 1.71. The first-order chi connectivity index (χ1) is 18.0. The lowest BCUT2D eigenvalue weighted by Gasteiger charge is -2.44. The summed E-state index contributed by atoms with van der Waals surface area (Å²) in [6.07, 6.45) is -12.7. The van der Waals surface area contributed by atoms with Crippen LogP contribution < -0.4 is 11.1 Å². The number of anilines is 1.